The van der Waals surface area contributed by atoms with E-state index in [0.717, 1.165) is 6.42 Å². The summed E-state index contributed by atoms with van der Waals surface area (Å²) < 4.78 is 16.0. The average molecular weight is 595 g/mol. The lowest BCUT2D eigenvalue weighted by Gasteiger charge is -2.25. The summed E-state index contributed by atoms with van der Waals surface area (Å²) in [7, 11) is 3.09. The van der Waals surface area contributed by atoms with E-state index in [-0.39, 0.29) is 17.9 Å². The van der Waals surface area contributed by atoms with E-state index in [9.17, 15) is 19.5 Å². The maximum absolute atomic E-state index is 12.7. The standard InChI is InChI=1S/C27H36BrN3O7/c1-7-13-31(5)16-19-23(33)20(28)14-18-17(15-22(32)37-24(18)19)21(30-26(35)38-27(2,3)4)11-9-8-10-12-29-25(34)36-6/h1,14-15,21,33H,8-13,16H2,2-6H3,(H,29,34)(H,30,35). The van der Waals surface area contributed by atoms with Crippen molar-refractivity contribution in [3.63, 3.8) is 0 Å². The van der Waals surface area contributed by atoms with Gasteiger partial charge in [-0.2, -0.15) is 0 Å². The zero-order chi connectivity index (χ0) is 28.5. The first-order valence-electron chi connectivity index (χ1n) is 12.3. The van der Waals surface area contributed by atoms with Gasteiger partial charge in [0.15, 0.2) is 0 Å². The van der Waals surface area contributed by atoms with Gasteiger partial charge in [0.1, 0.15) is 16.9 Å². The molecular weight excluding hydrogens is 558 g/mol. The minimum atomic E-state index is -0.713. The number of nitrogens with zero attached hydrogens (tertiary/aromatic N) is 1. The number of carbonyl (C=O) groups excluding carboxylic acids is 2. The molecule has 0 saturated heterocycles. The Morgan fingerprint density at radius 3 is 2.58 bits per heavy atom. The number of fused-ring (bicyclic) bond motifs is 1. The lowest BCUT2D eigenvalue weighted by atomic mass is 9.96. The zero-order valence-electron chi connectivity index (χ0n) is 22.5. The van der Waals surface area contributed by atoms with Gasteiger partial charge in [-0.25, -0.2) is 14.4 Å². The van der Waals surface area contributed by atoms with Crippen LogP contribution in [0.15, 0.2) is 25.8 Å². The number of methoxy groups -OCH3 is 1. The van der Waals surface area contributed by atoms with Gasteiger partial charge in [-0.3, -0.25) is 4.90 Å². The predicted molar refractivity (Wildman–Crippen MR) is 148 cm³/mol. The highest BCUT2D eigenvalue weighted by Crippen LogP contribution is 2.38. The second-order valence-corrected chi connectivity index (χ2v) is 10.8. The van der Waals surface area contributed by atoms with E-state index < -0.39 is 29.5 Å². The monoisotopic (exact) mass is 593 g/mol. The van der Waals surface area contributed by atoms with Crippen LogP contribution in [0.2, 0.25) is 0 Å². The molecule has 2 aromatic rings. The van der Waals surface area contributed by atoms with Gasteiger partial charge in [0.2, 0.25) is 0 Å². The Morgan fingerprint density at radius 2 is 1.95 bits per heavy atom. The van der Waals surface area contributed by atoms with Crippen molar-refractivity contribution >= 4 is 39.1 Å². The molecular formula is C27H36BrN3O7. The highest BCUT2D eigenvalue weighted by Gasteiger charge is 2.25. The molecule has 1 aromatic heterocycles. The Kier molecular flexibility index (Phi) is 11.5. The molecule has 2 rings (SSSR count). The molecule has 0 radical (unpaired) electrons. The van der Waals surface area contributed by atoms with Crippen LogP contribution in [0.4, 0.5) is 9.59 Å². The molecule has 38 heavy (non-hydrogen) atoms. The van der Waals surface area contributed by atoms with Gasteiger partial charge in [-0.15, -0.1) is 6.42 Å². The van der Waals surface area contributed by atoms with E-state index in [2.05, 4.69) is 37.2 Å². The lowest BCUT2D eigenvalue weighted by Crippen LogP contribution is -2.35. The number of hydrogen-bond donors (Lipinski definition) is 3. The van der Waals surface area contributed by atoms with Crippen LogP contribution in [0.25, 0.3) is 11.0 Å². The summed E-state index contributed by atoms with van der Waals surface area (Å²) in [6, 6.07) is 2.43. The van der Waals surface area contributed by atoms with E-state index in [1.165, 1.54) is 13.2 Å². The van der Waals surface area contributed by atoms with Crippen molar-refractivity contribution in [1.82, 2.24) is 15.5 Å². The Bertz CT molecular complexity index is 1230. The van der Waals surface area contributed by atoms with Crippen LogP contribution in [0, 0.1) is 12.3 Å². The SMILES string of the molecule is C#CCN(C)Cc1c(O)c(Br)cc2c(C(CCCCCNC(=O)OC)NC(=O)OC(C)(C)C)cc(=O)oc12. The summed E-state index contributed by atoms with van der Waals surface area (Å²) in [5.41, 5.74) is -0.175. The zero-order valence-corrected chi connectivity index (χ0v) is 24.1. The number of phenolic OH excluding ortho intramolecular Hbond substituents is 1. The molecule has 2 amide bonds. The molecule has 0 fully saturated rings. The number of carbonyl (C=O) groups is 2. The predicted octanol–water partition coefficient (Wildman–Crippen LogP) is 4.81. The molecule has 3 N–H and O–H groups in total. The van der Waals surface area contributed by atoms with Crippen molar-refractivity contribution < 1.29 is 28.6 Å². The Balaban J connectivity index is 2.45. The first-order chi connectivity index (χ1) is 17.9. The van der Waals surface area contributed by atoms with Crippen molar-refractivity contribution in [3.05, 3.63) is 38.2 Å². The molecule has 208 valence electrons. The largest absolute Gasteiger partial charge is 0.506 e. The quantitative estimate of drug-likeness (QED) is 0.192. The molecule has 0 aliphatic rings. The minimum absolute atomic E-state index is 0.0589. The topological polar surface area (TPSA) is 130 Å². The maximum Gasteiger partial charge on any atom is 0.408 e. The molecule has 1 unspecified atom stereocenters. The lowest BCUT2D eigenvalue weighted by molar-refractivity contribution is 0.0500. The summed E-state index contributed by atoms with van der Waals surface area (Å²) in [4.78, 5) is 38.5. The molecule has 0 aliphatic heterocycles. The van der Waals surface area contributed by atoms with E-state index in [4.69, 9.17) is 15.6 Å². The number of aromatic hydroxyl groups is 1. The number of unbranched alkanes of at least 4 members (excludes halogenated alkanes) is 2. The summed E-state index contributed by atoms with van der Waals surface area (Å²) in [5.74, 6) is 2.49. The van der Waals surface area contributed by atoms with Gasteiger partial charge in [-0.05, 0) is 68.2 Å². The highest BCUT2D eigenvalue weighted by atomic mass is 79.9. The third kappa shape index (κ3) is 9.26. The Hall–Kier alpha value is -3.23. The fraction of sp³-hybridized carbons (Fsp3) is 0.519. The van der Waals surface area contributed by atoms with Crippen molar-refractivity contribution in [2.75, 3.05) is 27.2 Å². The molecule has 0 saturated carbocycles. The van der Waals surface area contributed by atoms with Crippen molar-refractivity contribution in [1.29, 1.82) is 0 Å². The number of benzene rings is 1. The normalized spacial score (nSPS) is 12.2. The van der Waals surface area contributed by atoms with Crippen LogP contribution in [0.1, 0.15) is 63.6 Å². The fourth-order valence-electron chi connectivity index (χ4n) is 3.93. The van der Waals surface area contributed by atoms with Gasteiger partial charge >= 0.3 is 17.8 Å². The van der Waals surface area contributed by atoms with Crippen molar-refractivity contribution in [2.45, 2.75) is 64.6 Å². The van der Waals surface area contributed by atoms with E-state index in [1.54, 1.807) is 38.8 Å². The molecule has 1 heterocycles. The Morgan fingerprint density at radius 1 is 1.24 bits per heavy atom. The maximum atomic E-state index is 12.7. The number of terminal acetylenes is 1. The average Bonchev–Trinajstić information content (AvgIpc) is 2.82. The molecule has 0 bridgehead atoms. The number of hydrogen-bond acceptors (Lipinski definition) is 8. The van der Waals surface area contributed by atoms with Crippen LogP contribution in [0.3, 0.4) is 0 Å². The second-order valence-electron chi connectivity index (χ2n) is 9.93. The van der Waals surface area contributed by atoms with Crippen molar-refractivity contribution in [3.8, 4) is 18.1 Å². The number of rotatable bonds is 11. The molecule has 1 atom stereocenters. The summed E-state index contributed by atoms with van der Waals surface area (Å²) in [6.07, 6.45) is 6.94. The fourth-order valence-corrected chi connectivity index (χ4v) is 4.39. The third-order valence-electron chi connectivity index (χ3n) is 5.57. The summed E-state index contributed by atoms with van der Waals surface area (Å²) in [6.45, 7) is 6.31. The van der Waals surface area contributed by atoms with Crippen LogP contribution in [0.5, 0.6) is 5.75 Å². The highest BCUT2D eigenvalue weighted by molar-refractivity contribution is 9.10. The number of amides is 2. The number of halogens is 1. The van der Waals surface area contributed by atoms with Crippen LogP contribution < -0.4 is 16.3 Å². The number of nitrogens with one attached hydrogen (secondary N) is 2. The first-order valence-corrected chi connectivity index (χ1v) is 13.1. The number of phenols is 1. The Labute approximate surface area is 231 Å². The smallest absolute Gasteiger partial charge is 0.408 e. The van der Waals surface area contributed by atoms with Crippen LogP contribution in [-0.4, -0.2) is 55.0 Å². The van der Waals surface area contributed by atoms with Crippen LogP contribution >= 0.6 is 15.9 Å². The summed E-state index contributed by atoms with van der Waals surface area (Å²) in [5, 5.41) is 16.9. The molecule has 0 aliphatic carbocycles. The second kappa shape index (κ2) is 14.1. The number of alkyl carbamates (subject to hydrolysis) is 2. The number of ether oxygens (including phenoxy) is 2. The van der Waals surface area contributed by atoms with Gasteiger partial charge in [0.25, 0.3) is 0 Å². The van der Waals surface area contributed by atoms with Crippen LogP contribution in [-0.2, 0) is 16.0 Å². The third-order valence-corrected chi connectivity index (χ3v) is 6.17. The van der Waals surface area contributed by atoms with Gasteiger partial charge in [-0.1, -0.05) is 18.8 Å². The molecule has 1 aromatic carbocycles. The van der Waals surface area contributed by atoms with Gasteiger partial charge in [0, 0.05) is 24.5 Å². The summed E-state index contributed by atoms with van der Waals surface area (Å²) >= 11 is 3.40. The van der Waals surface area contributed by atoms with E-state index in [1.807, 2.05) is 0 Å². The van der Waals surface area contributed by atoms with Gasteiger partial charge in [0.05, 0.1) is 29.7 Å². The molecule has 0 spiro atoms. The van der Waals surface area contributed by atoms with Crippen molar-refractivity contribution in [2.24, 2.45) is 0 Å². The van der Waals surface area contributed by atoms with E-state index >= 15 is 0 Å². The first kappa shape index (κ1) is 31.0. The van der Waals surface area contributed by atoms with Gasteiger partial charge < -0.3 is 29.6 Å². The molecule has 11 heteroatoms. The van der Waals surface area contributed by atoms with E-state index in [0.29, 0.717) is 53.3 Å². The minimum Gasteiger partial charge on any atom is -0.506 e. The molecule has 10 nitrogen and oxygen atoms in total.